The van der Waals surface area contributed by atoms with Crippen LogP contribution in [0.5, 0.6) is 0 Å². The number of halogens is 1. The van der Waals surface area contributed by atoms with E-state index in [2.05, 4.69) is 51.6 Å². The van der Waals surface area contributed by atoms with Crippen molar-refractivity contribution in [2.45, 2.75) is 26.4 Å². The Morgan fingerprint density at radius 3 is 2.72 bits per heavy atom. The van der Waals surface area contributed by atoms with Crippen LogP contribution in [-0.4, -0.2) is 16.6 Å². The van der Waals surface area contributed by atoms with Gasteiger partial charge in [0.2, 0.25) is 0 Å². The average molecular weight is 356 g/mol. The zero-order valence-electron chi connectivity index (χ0n) is 10.4. The van der Waals surface area contributed by atoms with Gasteiger partial charge in [-0.05, 0) is 34.6 Å². The number of H-pyrrole nitrogens is 1. The highest BCUT2D eigenvalue weighted by Crippen LogP contribution is 2.10. The summed E-state index contributed by atoms with van der Waals surface area (Å²) in [6.07, 6.45) is 1.83. The SMILES string of the molecule is CCc1[nH]c(CCOCc2ccccc2)nc1I. The smallest absolute Gasteiger partial charge is 0.122 e. The van der Waals surface area contributed by atoms with Gasteiger partial charge in [0.1, 0.15) is 9.53 Å². The summed E-state index contributed by atoms with van der Waals surface area (Å²) in [5.41, 5.74) is 2.43. The van der Waals surface area contributed by atoms with Crippen LogP contribution in [0.15, 0.2) is 30.3 Å². The number of imidazole rings is 1. The minimum Gasteiger partial charge on any atom is -0.376 e. The van der Waals surface area contributed by atoms with Crippen molar-refractivity contribution < 1.29 is 4.74 Å². The van der Waals surface area contributed by atoms with Gasteiger partial charge in [-0.2, -0.15) is 0 Å². The van der Waals surface area contributed by atoms with E-state index in [9.17, 15) is 0 Å². The summed E-state index contributed by atoms with van der Waals surface area (Å²) in [7, 11) is 0. The van der Waals surface area contributed by atoms with E-state index >= 15 is 0 Å². The first kappa shape index (κ1) is 13.5. The Bertz CT molecular complexity index is 482. The predicted molar refractivity (Wildman–Crippen MR) is 80.5 cm³/mol. The van der Waals surface area contributed by atoms with Gasteiger partial charge in [0.15, 0.2) is 0 Å². The first-order chi connectivity index (χ1) is 8.79. The number of hydrogen-bond acceptors (Lipinski definition) is 2. The van der Waals surface area contributed by atoms with Crippen molar-refractivity contribution in [3.05, 3.63) is 51.1 Å². The maximum Gasteiger partial charge on any atom is 0.122 e. The topological polar surface area (TPSA) is 37.9 Å². The van der Waals surface area contributed by atoms with E-state index < -0.39 is 0 Å². The highest BCUT2D eigenvalue weighted by Gasteiger charge is 2.05. The maximum atomic E-state index is 5.64. The molecule has 0 fully saturated rings. The molecule has 4 heteroatoms. The molecule has 2 aromatic rings. The Morgan fingerprint density at radius 2 is 2.06 bits per heavy atom. The fourth-order valence-corrected chi connectivity index (χ4v) is 2.53. The highest BCUT2D eigenvalue weighted by atomic mass is 127. The van der Waals surface area contributed by atoms with Crippen molar-refractivity contribution in [3.63, 3.8) is 0 Å². The first-order valence-electron chi connectivity index (χ1n) is 6.14. The monoisotopic (exact) mass is 356 g/mol. The van der Waals surface area contributed by atoms with Gasteiger partial charge in [-0.1, -0.05) is 37.3 Å². The zero-order valence-corrected chi connectivity index (χ0v) is 12.6. The molecule has 1 aromatic heterocycles. The van der Waals surface area contributed by atoms with Crippen LogP contribution in [0, 0.1) is 3.70 Å². The van der Waals surface area contributed by atoms with Crippen LogP contribution in [-0.2, 0) is 24.2 Å². The molecule has 0 amide bonds. The van der Waals surface area contributed by atoms with Crippen LogP contribution in [0.3, 0.4) is 0 Å². The summed E-state index contributed by atoms with van der Waals surface area (Å²) in [5.74, 6) is 1.02. The van der Waals surface area contributed by atoms with Gasteiger partial charge in [0, 0.05) is 12.1 Å². The number of aryl methyl sites for hydroxylation is 1. The Labute approximate surface area is 121 Å². The van der Waals surface area contributed by atoms with Gasteiger partial charge in [-0.25, -0.2) is 4.98 Å². The number of benzene rings is 1. The fourth-order valence-electron chi connectivity index (χ4n) is 1.73. The lowest BCUT2D eigenvalue weighted by Crippen LogP contribution is -2.00. The second-order valence-electron chi connectivity index (χ2n) is 4.09. The van der Waals surface area contributed by atoms with Crippen LogP contribution < -0.4 is 0 Å². The second kappa shape index (κ2) is 6.89. The lowest BCUT2D eigenvalue weighted by atomic mass is 10.2. The standard InChI is InChI=1S/C14H17IN2O/c1-2-12-14(15)17-13(16-12)8-9-18-10-11-6-4-3-5-7-11/h3-7H,2,8-10H2,1H3,(H,16,17). The molecule has 1 aromatic carbocycles. The molecule has 0 spiro atoms. The minimum absolute atomic E-state index is 0.666. The van der Waals surface area contributed by atoms with E-state index in [1.54, 1.807) is 0 Å². The molecule has 0 radical (unpaired) electrons. The summed E-state index contributed by atoms with van der Waals surface area (Å²) in [6.45, 7) is 3.49. The largest absolute Gasteiger partial charge is 0.376 e. The molecule has 2 rings (SSSR count). The number of nitrogens with one attached hydrogen (secondary N) is 1. The molecule has 0 aliphatic heterocycles. The Morgan fingerprint density at radius 1 is 1.28 bits per heavy atom. The zero-order chi connectivity index (χ0) is 12.8. The normalized spacial score (nSPS) is 10.8. The molecular formula is C14H17IN2O. The summed E-state index contributed by atoms with van der Waals surface area (Å²) >= 11 is 2.27. The van der Waals surface area contributed by atoms with Gasteiger partial charge in [0.25, 0.3) is 0 Å². The van der Waals surface area contributed by atoms with E-state index in [0.717, 1.165) is 22.4 Å². The summed E-state index contributed by atoms with van der Waals surface area (Å²) in [6, 6.07) is 10.2. The molecular weight excluding hydrogens is 339 g/mol. The molecule has 0 aliphatic carbocycles. The summed E-state index contributed by atoms with van der Waals surface area (Å²) < 4.78 is 6.72. The van der Waals surface area contributed by atoms with Gasteiger partial charge < -0.3 is 9.72 Å². The molecule has 0 bridgehead atoms. The van der Waals surface area contributed by atoms with Crippen molar-refractivity contribution in [2.24, 2.45) is 0 Å². The lowest BCUT2D eigenvalue weighted by molar-refractivity contribution is 0.122. The number of rotatable bonds is 6. The van der Waals surface area contributed by atoms with Gasteiger partial charge >= 0.3 is 0 Å². The quantitative estimate of drug-likeness (QED) is 0.637. The Hall–Kier alpha value is -0.880. The van der Waals surface area contributed by atoms with E-state index in [1.165, 1.54) is 11.3 Å². The average Bonchev–Trinajstić information content (AvgIpc) is 2.76. The van der Waals surface area contributed by atoms with Crippen LogP contribution >= 0.6 is 22.6 Å². The number of ether oxygens (including phenoxy) is 1. The highest BCUT2D eigenvalue weighted by molar-refractivity contribution is 14.1. The van der Waals surface area contributed by atoms with Crippen molar-refractivity contribution in [2.75, 3.05) is 6.61 Å². The number of nitrogens with zero attached hydrogens (tertiary/aromatic N) is 1. The lowest BCUT2D eigenvalue weighted by Gasteiger charge is -2.02. The molecule has 1 N–H and O–H groups in total. The molecule has 0 saturated heterocycles. The molecule has 0 unspecified atom stereocenters. The third-order valence-corrected chi connectivity index (χ3v) is 3.62. The van der Waals surface area contributed by atoms with E-state index in [0.29, 0.717) is 13.2 Å². The van der Waals surface area contributed by atoms with Crippen LogP contribution in [0.2, 0.25) is 0 Å². The number of aromatic amines is 1. The molecule has 1 heterocycles. The minimum atomic E-state index is 0.666. The third-order valence-electron chi connectivity index (χ3n) is 2.73. The molecule has 96 valence electrons. The van der Waals surface area contributed by atoms with E-state index in [4.69, 9.17) is 4.74 Å². The Balaban J connectivity index is 1.75. The van der Waals surface area contributed by atoms with Crippen molar-refractivity contribution in [1.82, 2.24) is 9.97 Å². The molecule has 18 heavy (non-hydrogen) atoms. The number of hydrogen-bond donors (Lipinski definition) is 1. The van der Waals surface area contributed by atoms with Crippen LogP contribution in [0.25, 0.3) is 0 Å². The number of aromatic nitrogens is 2. The molecule has 0 saturated carbocycles. The van der Waals surface area contributed by atoms with Crippen LogP contribution in [0.4, 0.5) is 0 Å². The fraction of sp³-hybridized carbons (Fsp3) is 0.357. The van der Waals surface area contributed by atoms with Crippen LogP contribution in [0.1, 0.15) is 24.0 Å². The van der Waals surface area contributed by atoms with Gasteiger partial charge in [0.05, 0.1) is 13.2 Å². The second-order valence-corrected chi connectivity index (χ2v) is 5.12. The molecule has 0 atom stereocenters. The maximum absolute atomic E-state index is 5.64. The van der Waals surface area contributed by atoms with Crippen molar-refractivity contribution in [1.29, 1.82) is 0 Å². The summed E-state index contributed by atoms with van der Waals surface area (Å²) in [5, 5.41) is 0. The van der Waals surface area contributed by atoms with Gasteiger partial charge in [-0.15, -0.1) is 0 Å². The summed E-state index contributed by atoms with van der Waals surface area (Å²) in [4.78, 5) is 7.81. The third kappa shape index (κ3) is 3.81. The predicted octanol–water partition coefficient (Wildman–Crippen LogP) is 3.34. The molecule has 3 nitrogen and oxygen atoms in total. The Kier molecular flexibility index (Phi) is 5.19. The van der Waals surface area contributed by atoms with E-state index in [-0.39, 0.29) is 0 Å². The van der Waals surface area contributed by atoms with Crippen molar-refractivity contribution >= 4 is 22.6 Å². The molecule has 0 aliphatic rings. The van der Waals surface area contributed by atoms with E-state index in [1.807, 2.05) is 18.2 Å². The van der Waals surface area contributed by atoms with Crippen molar-refractivity contribution in [3.8, 4) is 0 Å². The van der Waals surface area contributed by atoms with Gasteiger partial charge in [-0.3, -0.25) is 0 Å². The first-order valence-corrected chi connectivity index (χ1v) is 7.22.